The molecule has 1 aromatic heterocycles. The first-order valence-electron chi connectivity index (χ1n) is 5.59. The van der Waals surface area contributed by atoms with Crippen LogP contribution < -0.4 is 5.32 Å². The number of hydrogen-bond donors (Lipinski definition) is 1. The molecule has 0 aliphatic heterocycles. The van der Waals surface area contributed by atoms with Gasteiger partial charge in [0.1, 0.15) is 13.2 Å². The van der Waals surface area contributed by atoms with Crippen molar-refractivity contribution in [3.63, 3.8) is 0 Å². The number of halogens is 2. The van der Waals surface area contributed by atoms with E-state index in [1.54, 1.807) is 6.07 Å². The van der Waals surface area contributed by atoms with E-state index in [4.69, 9.17) is 9.26 Å². The lowest BCUT2D eigenvalue weighted by atomic mass is 10.2. The highest BCUT2D eigenvalue weighted by Crippen LogP contribution is 2.06. The molecule has 6 heteroatoms. The topological polar surface area (TPSA) is 47.3 Å². The fraction of sp³-hybridized carbons (Fsp3) is 0.727. The Morgan fingerprint density at radius 2 is 2.24 bits per heavy atom. The Bertz CT molecular complexity index is 288. The predicted molar refractivity (Wildman–Crippen MR) is 58.7 cm³/mol. The van der Waals surface area contributed by atoms with Crippen LogP contribution in [0.5, 0.6) is 0 Å². The van der Waals surface area contributed by atoms with Gasteiger partial charge < -0.3 is 14.6 Å². The van der Waals surface area contributed by atoms with Crippen LogP contribution in [0.25, 0.3) is 0 Å². The van der Waals surface area contributed by atoms with Crippen molar-refractivity contribution in [1.29, 1.82) is 0 Å². The summed E-state index contributed by atoms with van der Waals surface area (Å²) < 4.78 is 33.3. The van der Waals surface area contributed by atoms with E-state index in [1.165, 1.54) is 0 Å². The molecule has 1 heterocycles. The van der Waals surface area contributed by atoms with Crippen molar-refractivity contribution in [3.8, 4) is 0 Å². The molecule has 0 unspecified atom stereocenters. The van der Waals surface area contributed by atoms with Gasteiger partial charge in [-0.2, -0.15) is 0 Å². The van der Waals surface area contributed by atoms with E-state index in [-0.39, 0.29) is 6.61 Å². The molecule has 0 aliphatic rings. The van der Waals surface area contributed by atoms with Gasteiger partial charge in [-0.05, 0) is 12.5 Å². The Kier molecular flexibility index (Phi) is 6.07. The molecule has 0 saturated carbocycles. The molecule has 0 atom stereocenters. The largest absolute Gasteiger partial charge is 0.367 e. The number of hydrogen-bond acceptors (Lipinski definition) is 4. The molecule has 0 radical (unpaired) electrons. The zero-order valence-electron chi connectivity index (χ0n) is 10.1. The molecule has 0 aliphatic carbocycles. The SMILES string of the molecule is CC(C)CNCc1cc(COCC(F)F)on1. The van der Waals surface area contributed by atoms with E-state index in [0.29, 0.717) is 18.2 Å². The summed E-state index contributed by atoms with van der Waals surface area (Å²) in [5.74, 6) is 1.03. The molecule has 0 fully saturated rings. The van der Waals surface area contributed by atoms with Crippen LogP contribution in [0, 0.1) is 5.92 Å². The summed E-state index contributed by atoms with van der Waals surface area (Å²) in [6.45, 7) is 5.17. The van der Waals surface area contributed by atoms with Gasteiger partial charge in [0.2, 0.25) is 0 Å². The average molecular weight is 248 g/mol. The second-order valence-electron chi connectivity index (χ2n) is 4.22. The first kappa shape index (κ1) is 14.1. The van der Waals surface area contributed by atoms with Gasteiger partial charge in [0.05, 0.1) is 5.69 Å². The Morgan fingerprint density at radius 1 is 1.47 bits per heavy atom. The molecule has 1 rings (SSSR count). The number of nitrogens with one attached hydrogen (secondary N) is 1. The van der Waals surface area contributed by atoms with E-state index in [2.05, 4.69) is 24.3 Å². The fourth-order valence-corrected chi connectivity index (χ4v) is 1.24. The smallest absolute Gasteiger partial charge is 0.261 e. The van der Waals surface area contributed by atoms with Gasteiger partial charge in [-0.1, -0.05) is 19.0 Å². The summed E-state index contributed by atoms with van der Waals surface area (Å²) in [6, 6.07) is 1.71. The highest BCUT2D eigenvalue weighted by molar-refractivity contribution is 5.04. The van der Waals surface area contributed by atoms with E-state index in [1.807, 2.05) is 0 Å². The van der Waals surface area contributed by atoms with Gasteiger partial charge in [-0.3, -0.25) is 0 Å². The predicted octanol–water partition coefficient (Wildman–Crippen LogP) is 2.20. The van der Waals surface area contributed by atoms with Crippen LogP contribution in [-0.2, 0) is 17.9 Å². The molecule has 4 nitrogen and oxygen atoms in total. The van der Waals surface area contributed by atoms with E-state index < -0.39 is 13.0 Å². The lowest BCUT2D eigenvalue weighted by molar-refractivity contribution is 0.00311. The van der Waals surface area contributed by atoms with Crippen molar-refractivity contribution in [2.75, 3.05) is 13.2 Å². The minimum atomic E-state index is -2.45. The summed E-state index contributed by atoms with van der Waals surface area (Å²) in [5, 5.41) is 7.01. The van der Waals surface area contributed by atoms with Crippen LogP contribution in [0.2, 0.25) is 0 Å². The molecule has 1 N–H and O–H groups in total. The maximum atomic E-state index is 11.8. The van der Waals surface area contributed by atoms with Gasteiger partial charge in [-0.15, -0.1) is 0 Å². The summed E-state index contributed by atoms with van der Waals surface area (Å²) in [4.78, 5) is 0. The minimum absolute atomic E-state index is 0.0293. The van der Waals surface area contributed by atoms with Gasteiger partial charge in [-0.25, -0.2) is 8.78 Å². The van der Waals surface area contributed by atoms with Crippen molar-refractivity contribution in [1.82, 2.24) is 10.5 Å². The molecule has 0 amide bonds. The highest BCUT2D eigenvalue weighted by atomic mass is 19.3. The molecule has 17 heavy (non-hydrogen) atoms. The van der Waals surface area contributed by atoms with Crippen LogP contribution in [0.4, 0.5) is 8.78 Å². The lowest BCUT2D eigenvalue weighted by Crippen LogP contribution is -2.19. The summed E-state index contributed by atoms with van der Waals surface area (Å²) >= 11 is 0. The van der Waals surface area contributed by atoms with Crippen molar-refractivity contribution in [2.45, 2.75) is 33.4 Å². The first-order chi connectivity index (χ1) is 8.08. The van der Waals surface area contributed by atoms with E-state index >= 15 is 0 Å². The monoisotopic (exact) mass is 248 g/mol. The third-order valence-corrected chi connectivity index (χ3v) is 1.95. The minimum Gasteiger partial charge on any atom is -0.367 e. The molecule has 0 spiro atoms. The summed E-state index contributed by atoms with van der Waals surface area (Å²) in [7, 11) is 0. The standard InChI is InChI=1S/C11H18F2N2O2/c1-8(2)4-14-5-9-3-10(17-15-9)6-16-7-11(12)13/h3,8,11,14H,4-7H2,1-2H3. The molecule has 98 valence electrons. The zero-order valence-corrected chi connectivity index (χ0v) is 10.1. The molecular formula is C11H18F2N2O2. The van der Waals surface area contributed by atoms with Crippen molar-refractivity contribution >= 4 is 0 Å². The molecule has 0 saturated heterocycles. The lowest BCUT2D eigenvalue weighted by Gasteiger charge is -2.04. The number of rotatable bonds is 8. The molecule has 0 bridgehead atoms. The van der Waals surface area contributed by atoms with Gasteiger partial charge in [0.15, 0.2) is 5.76 Å². The number of nitrogens with zero attached hydrogens (tertiary/aromatic N) is 1. The molecule has 1 aromatic rings. The van der Waals surface area contributed by atoms with Crippen LogP contribution in [-0.4, -0.2) is 24.7 Å². The number of ether oxygens (including phenoxy) is 1. The van der Waals surface area contributed by atoms with Gasteiger partial charge in [0, 0.05) is 12.6 Å². The molecular weight excluding hydrogens is 230 g/mol. The number of alkyl halides is 2. The summed E-state index contributed by atoms with van der Waals surface area (Å²) in [5.41, 5.74) is 0.751. The quantitative estimate of drug-likeness (QED) is 0.766. The zero-order chi connectivity index (χ0) is 12.7. The second-order valence-corrected chi connectivity index (χ2v) is 4.22. The Hall–Kier alpha value is -1.01. The third-order valence-electron chi connectivity index (χ3n) is 1.95. The van der Waals surface area contributed by atoms with Gasteiger partial charge in [0.25, 0.3) is 6.43 Å². The normalized spacial score (nSPS) is 11.6. The fourth-order valence-electron chi connectivity index (χ4n) is 1.24. The van der Waals surface area contributed by atoms with Crippen LogP contribution in [0.1, 0.15) is 25.3 Å². The van der Waals surface area contributed by atoms with Crippen molar-refractivity contribution in [3.05, 3.63) is 17.5 Å². The average Bonchev–Trinajstić information content (AvgIpc) is 2.65. The Morgan fingerprint density at radius 3 is 2.88 bits per heavy atom. The maximum Gasteiger partial charge on any atom is 0.261 e. The van der Waals surface area contributed by atoms with Crippen molar-refractivity contribution in [2.24, 2.45) is 5.92 Å². The Labute approximate surface area is 99.3 Å². The first-order valence-corrected chi connectivity index (χ1v) is 5.59. The third kappa shape index (κ3) is 6.33. The highest BCUT2D eigenvalue weighted by Gasteiger charge is 2.07. The second kappa shape index (κ2) is 7.34. The van der Waals surface area contributed by atoms with E-state index in [9.17, 15) is 8.78 Å². The Balaban J connectivity index is 2.23. The van der Waals surface area contributed by atoms with Gasteiger partial charge >= 0.3 is 0 Å². The van der Waals surface area contributed by atoms with Crippen LogP contribution in [0.3, 0.4) is 0 Å². The van der Waals surface area contributed by atoms with Crippen LogP contribution in [0.15, 0.2) is 10.6 Å². The van der Waals surface area contributed by atoms with Crippen LogP contribution >= 0.6 is 0 Å². The van der Waals surface area contributed by atoms with Crippen molar-refractivity contribution < 1.29 is 18.0 Å². The maximum absolute atomic E-state index is 11.8. The molecule has 0 aromatic carbocycles. The van der Waals surface area contributed by atoms with E-state index in [0.717, 1.165) is 12.2 Å². The summed E-state index contributed by atoms with van der Waals surface area (Å²) in [6.07, 6.45) is -2.45. The number of aromatic nitrogens is 1.